The van der Waals surface area contributed by atoms with Gasteiger partial charge in [0.15, 0.2) is 0 Å². The van der Waals surface area contributed by atoms with Crippen LogP contribution in [-0.4, -0.2) is 64.9 Å². The molecule has 9 nitrogen and oxygen atoms in total. The van der Waals surface area contributed by atoms with Gasteiger partial charge in [-0.3, -0.25) is 10.1 Å². The molecule has 0 saturated heterocycles. The van der Waals surface area contributed by atoms with Crippen molar-refractivity contribution in [1.82, 2.24) is 0 Å². The van der Waals surface area contributed by atoms with Crippen molar-refractivity contribution < 1.29 is 30.1 Å². The standard InChI is InChI=1S/C8H10N2O4.C4H10O3/c11-4-3-9-7-2-1-6(10(13)14)5-8(7)12;5-1-3-7-4-2-6/h1-2,5,9,11-12H,3-4H2;5-6H,1-4H2. The first-order valence-corrected chi connectivity index (χ1v) is 6.18. The van der Waals surface area contributed by atoms with Crippen LogP contribution in [-0.2, 0) is 4.74 Å². The highest BCUT2D eigenvalue weighted by Crippen LogP contribution is 2.27. The number of nitrogens with one attached hydrogen (secondary N) is 1. The molecule has 0 aliphatic heterocycles. The molecule has 1 aromatic carbocycles. The number of ether oxygens (including phenoxy) is 1. The monoisotopic (exact) mass is 304 g/mol. The fraction of sp³-hybridized carbons (Fsp3) is 0.500. The number of aromatic hydroxyl groups is 1. The molecule has 21 heavy (non-hydrogen) atoms. The number of aliphatic hydroxyl groups is 3. The number of non-ortho nitro benzene ring substituents is 1. The van der Waals surface area contributed by atoms with Gasteiger partial charge < -0.3 is 30.5 Å². The van der Waals surface area contributed by atoms with E-state index in [4.69, 9.17) is 15.3 Å². The number of nitro benzene ring substituents is 1. The number of phenolic OH excluding ortho intramolecular Hbond substituents is 1. The maximum atomic E-state index is 10.3. The number of hydrogen-bond acceptors (Lipinski definition) is 8. The summed E-state index contributed by atoms with van der Waals surface area (Å²) < 4.78 is 4.63. The lowest BCUT2D eigenvalue weighted by Gasteiger charge is -2.05. The van der Waals surface area contributed by atoms with Gasteiger partial charge in [-0.05, 0) is 6.07 Å². The number of aliphatic hydroxyl groups excluding tert-OH is 3. The highest BCUT2D eigenvalue weighted by Gasteiger charge is 2.08. The Morgan fingerprint density at radius 1 is 1.14 bits per heavy atom. The molecule has 0 bridgehead atoms. The second-order valence-electron chi connectivity index (χ2n) is 3.67. The van der Waals surface area contributed by atoms with E-state index in [1.54, 1.807) is 0 Å². The van der Waals surface area contributed by atoms with E-state index >= 15 is 0 Å². The second kappa shape index (κ2) is 11.9. The second-order valence-corrected chi connectivity index (χ2v) is 3.67. The molecular weight excluding hydrogens is 284 g/mol. The zero-order valence-corrected chi connectivity index (χ0v) is 11.4. The van der Waals surface area contributed by atoms with Crippen LogP contribution in [0.1, 0.15) is 0 Å². The summed E-state index contributed by atoms with van der Waals surface area (Å²) in [6, 6.07) is 3.72. The lowest BCUT2D eigenvalue weighted by Crippen LogP contribution is -2.05. The van der Waals surface area contributed by atoms with Gasteiger partial charge in [-0.15, -0.1) is 0 Å². The van der Waals surface area contributed by atoms with Gasteiger partial charge in [0.2, 0.25) is 0 Å². The summed E-state index contributed by atoms with van der Waals surface area (Å²) in [4.78, 5) is 9.72. The van der Waals surface area contributed by atoms with Gasteiger partial charge in [-0.2, -0.15) is 0 Å². The number of nitrogens with zero attached hydrogens (tertiary/aromatic N) is 1. The fourth-order valence-corrected chi connectivity index (χ4v) is 1.20. The van der Waals surface area contributed by atoms with Gasteiger partial charge >= 0.3 is 0 Å². The van der Waals surface area contributed by atoms with E-state index in [9.17, 15) is 15.2 Å². The zero-order valence-electron chi connectivity index (χ0n) is 11.4. The van der Waals surface area contributed by atoms with Gasteiger partial charge in [0.05, 0.1) is 49.7 Å². The maximum Gasteiger partial charge on any atom is 0.273 e. The summed E-state index contributed by atoms with van der Waals surface area (Å²) in [7, 11) is 0. The van der Waals surface area contributed by atoms with Crippen molar-refractivity contribution in [3.05, 3.63) is 28.3 Å². The van der Waals surface area contributed by atoms with Crippen molar-refractivity contribution >= 4 is 11.4 Å². The molecule has 0 aliphatic rings. The predicted molar refractivity (Wildman–Crippen MR) is 75.3 cm³/mol. The number of hydrogen-bond donors (Lipinski definition) is 5. The van der Waals surface area contributed by atoms with Crippen LogP contribution in [0.2, 0.25) is 0 Å². The number of anilines is 1. The van der Waals surface area contributed by atoms with Gasteiger partial charge in [0.25, 0.3) is 5.69 Å². The van der Waals surface area contributed by atoms with Crippen LogP contribution in [0.3, 0.4) is 0 Å². The molecule has 0 aliphatic carbocycles. The molecule has 0 fully saturated rings. The largest absolute Gasteiger partial charge is 0.506 e. The minimum absolute atomic E-state index is 0.0278. The zero-order chi connectivity index (χ0) is 16.1. The highest BCUT2D eigenvalue weighted by molar-refractivity contribution is 5.59. The van der Waals surface area contributed by atoms with E-state index in [0.29, 0.717) is 18.9 Å². The molecular formula is C12H20N2O7. The molecule has 120 valence electrons. The molecule has 0 radical (unpaired) electrons. The number of phenols is 1. The summed E-state index contributed by atoms with van der Waals surface area (Å²) in [6.07, 6.45) is 0. The molecule has 1 rings (SSSR count). The topological polar surface area (TPSA) is 145 Å². The van der Waals surface area contributed by atoms with Crippen molar-refractivity contribution in [3.8, 4) is 5.75 Å². The van der Waals surface area contributed by atoms with Crippen LogP contribution in [0, 0.1) is 10.1 Å². The molecule has 0 saturated carbocycles. The Morgan fingerprint density at radius 3 is 2.19 bits per heavy atom. The third kappa shape index (κ3) is 8.76. The fourth-order valence-electron chi connectivity index (χ4n) is 1.20. The van der Waals surface area contributed by atoms with Crippen LogP contribution >= 0.6 is 0 Å². The van der Waals surface area contributed by atoms with Crippen molar-refractivity contribution in [3.63, 3.8) is 0 Å². The minimum Gasteiger partial charge on any atom is -0.506 e. The summed E-state index contributed by atoms with van der Waals surface area (Å²) >= 11 is 0. The lowest BCUT2D eigenvalue weighted by atomic mass is 10.2. The molecule has 0 amide bonds. The molecule has 0 atom stereocenters. The Hall–Kier alpha value is -1.94. The Labute approximate surface area is 121 Å². The predicted octanol–water partition coefficient (Wildman–Crippen LogP) is -0.308. The number of benzene rings is 1. The summed E-state index contributed by atoms with van der Waals surface area (Å²) in [5.41, 5.74) is 0.196. The third-order valence-corrected chi connectivity index (χ3v) is 2.09. The number of rotatable bonds is 8. The normalized spacial score (nSPS) is 9.67. The molecule has 5 N–H and O–H groups in total. The van der Waals surface area contributed by atoms with Crippen molar-refractivity contribution in [1.29, 1.82) is 0 Å². The quantitative estimate of drug-likeness (QED) is 0.190. The van der Waals surface area contributed by atoms with Gasteiger partial charge in [-0.1, -0.05) is 0 Å². The lowest BCUT2D eigenvalue weighted by molar-refractivity contribution is -0.384. The average molecular weight is 304 g/mol. The van der Waals surface area contributed by atoms with Gasteiger partial charge in [0.1, 0.15) is 5.75 Å². The Bertz CT molecular complexity index is 411. The SMILES string of the molecule is O=[N+]([O-])c1ccc(NCCO)c(O)c1.OCCOCCO. The van der Waals surface area contributed by atoms with Crippen LogP contribution < -0.4 is 5.32 Å². The average Bonchev–Trinajstić information content (AvgIpc) is 2.47. The van der Waals surface area contributed by atoms with Crippen molar-refractivity contribution in [2.24, 2.45) is 0 Å². The first kappa shape index (κ1) is 19.1. The molecule has 1 aromatic rings. The van der Waals surface area contributed by atoms with Gasteiger partial charge in [0, 0.05) is 12.6 Å². The van der Waals surface area contributed by atoms with Crippen LogP contribution in [0.15, 0.2) is 18.2 Å². The van der Waals surface area contributed by atoms with Crippen molar-refractivity contribution in [2.75, 3.05) is 44.9 Å². The summed E-state index contributed by atoms with van der Waals surface area (Å²) in [5.74, 6) is -0.201. The summed E-state index contributed by atoms with van der Waals surface area (Å²) in [6.45, 7) is 0.906. The van der Waals surface area contributed by atoms with E-state index < -0.39 is 4.92 Å². The third-order valence-electron chi connectivity index (χ3n) is 2.09. The molecule has 0 heterocycles. The first-order chi connectivity index (χ1) is 10.1. The highest BCUT2D eigenvalue weighted by atomic mass is 16.6. The van der Waals surface area contributed by atoms with Crippen LogP contribution in [0.4, 0.5) is 11.4 Å². The van der Waals surface area contributed by atoms with E-state index in [1.807, 2.05) is 0 Å². The smallest absolute Gasteiger partial charge is 0.273 e. The van der Waals surface area contributed by atoms with Crippen LogP contribution in [0.5, 0.6) is 5.75 Å². The van der Waals surface area contributed by atoms with Crippen molar-refractivity contribution in [2.45, 2.75) is 0 Å². The minimum atomic E-state index is -0.588. The van der Waals surface area contributed by atoms with E-state index in [1.165, 1.54) is 12.1 Å². The Morgan fingerprint density at radius 2 is 1.76 bits per heavy atom. The van der Waals surface area contributed by atoms with E-state index in [2.05, 4.69) is 10.1 Å². The number of nitro groups is 1. The Kier molecular flexibility index (Phi) is 10.8. The maximum absolute atomic E-state index is 10.3. The first-order valence-electron chi connectivity index (χ1n) is 6.18. The molecule has 9 heteroatoms. The molecule has 0 spiro atoms. The van der Waals surface area contributed by atoms with Crippen LogP contribution in [0.25, 0.3) is 0 Å². The van der Waals surface area contributed by atoms with Gasteiger partial charge in [-0.25, -0.2) is 0 Å². The summed E-state index contributed by atoms with van der Waals surface area (Å²) in [5, 5.41) is 47.0. The van der Waals surface area contributed by atoms with E-state index in [-0.39, 0.29) is 37.8 Å². The Balaban J connectivity index is 0.000000486. The molecule has 0 aromatic heterocycles. The molecule has 0 unspecified atom stereocenters. The van der Waals surface area contributed by atoms with E-state index in [0.717, 1.165) is 6.07 Å².